The summed E-state index contributed by atoms with van der Waals surface area (Å²) < 4.78 is 5.80. The number of benzene rings is 5. The van der Waals surface area contributed by atoms with E-state index in [9.17, 15) is 20.4 Å². The molecule has 0 unspecified atom stereocenters. The molecule has 0 fully saturated rings. The zero-order valence-electron chi connectivity index (χ0n) is 21.2. The van der Waals surface area contributed by atoms with Crippen LogP contribution >= 0.6 is 0 Å². The van der Waals surface area contributed by atoms with Gasteiger partial charge in [-0.25, -0.2) is 0 Å². The van der Waals surface area contributed by atoms with Crippen LogP contribution < -0.4 is 4.74 Å². The molecule has 0 radical (unpaired) electrons. The predicted molar refractivity (Wildman–Crippen MR) is 151 cm³/mol. The molecule has 0 bridgehead atoms. The number of aromatic hydroxyl groups is 4. The van der Waals surface area contributed by atoms with Crippen LogP contribution in [0, 0.1) is 11.8 Å². The minimum atomic E-state index is -0.353. The van der Waals surface area contributed by atoms with Crippen molar-refractivity contribution in [2.24, 2.45) is 0 Å². The molecule has 0 spiro atoms. The van der Waals surface area contributed by atoms with Crippen molar-refractivity contribution in [3.8, 4) is 51.7 Å². The molecule has 4 N–H and O–H groups in total. The molecule has 0 aromatic heterocycles. The van der Waals surface area contributed by atoms with E-state index in [0.29, 0.717) is 11.3 Å². The first-order valence-corrected chi connectivity index (χ1v) is 12.3. The van der Waals surface area contributed by atoms with Crippen molar-refractivity contribution in [2.75, 3.05) is 7.11 Å². The summed E-state index contributed by atoms with van der Waals surface area (Å²) in [5, 5.41) is 39.7. The molecule has 0 saturated carbocycles. The Morgan fingerprint density at radius 1 is 0.538 bits per heavy atom. The Morgan fingerprint density at radius 3 is 1.49 bits per heavy atom. The van der Waals surface area contributed by atoms with Crippen LogP contribution in [0.3, 0.4) is 0 Å². The van der Waals surface area contributed by atoms with Gasteiger partial charge in [-0.05, 0) is 94.5 Å². The fraction of sp³-hybridized carbons (Fsp3) is 0.0588. The fourth-order valence-corrected chi connectivity index (χ4v) is 4.63. The van der Waals surface area contributed by atoms with E-state index in [4.69, 9.17) is 4.74 Å². The highest BCUT2D eigenvalue weighted by atomic mass is 16.5. The Morgan fingerprint density at radius 2 is 1.00 bits per heavy atom. The molecule has 0 heterocycles. The first-order valence-electron chi connectivity index (χ1n) is 12.3. The standard InChI is InChI=1S/C34H26O5/c1-39-32-21-20-30(23-5-13-27(36)14-6-23)34(31(32)19-4-22-2-11-26(35)12-3-22)33(24-7-15-28(37)16-8-24)25-9-17-29(38)18-10-25/h2-3,5-18,20-21,33,35-38H,1H3. The zero-order valence-corrected chi connectivity index (χ0v) is 21.2. The molecule has 5 rings (SSSR count). The number of phenols is 4. The first-order chi connectivity index (χ1) is 18.9. The molecule has 5 aromatic carbocycles. The van der Waals surface area contributed by atoms with E-state index in [0.717, 1.165) is 33.4 Å². The van der Waals surface area contributed by atoms with Gasteiger partial charge in [-0.2, -0.15) is 0 Å². The maximum absolute atomic E-state index is 10.0. The van der Waals surface area contributed by atoms with Crippen molar-refractivity contribution >= 4 is 0 Å². The lowest BCUT2D eigenvalue weighted by molar-refractivity contribution is 0.413. The Balaban J connectivity index is 1.84. The molecule has 5 heteroatoms. The molecule has 39 heavy (non-hydrogen) atoms. The molecule has 5 nitrogen and oxygen atoms in total. The van der Waals surface area contributed by atoms with E-state index in [1.165, 1.54) is 0 Å². The summed E-state index contributed by atoms with van der Waals surface area (Å²) in [5.41, 5.74) is 5.82. The monoisotopic (exact) mass is 514 g/mol. The van der Waals surface area contributed by atoms with E-state index in [1.54, 1.807) is 67.8 Å². The summed E-state index contributed by atoms with van der Waals surface area (Å²) in [6, 6.07) is 31.5. The van der Waals surface area contributed by atoms with Gasteiger partial charge in [-0.15, -0.1) is 0 Å². The maximum Gasteiger partial charge on any atom is 0.134 e. The Labute approximate surface area is 226 Å². The van der Waals surface area contributed by atoms with Crippen molar-refractivity contribution in [3.63, 3.8) is 0 Å². The molecule has 5 aromatic rings. The van der Waals surface area contributed by atoms with E-state index < -0.39 is 0 Å². The number of rotatable bonds is 5. The number of hydrogen-bond acceptors (Lipinski definition) is 5. The third-order valence-corrected chi connectivity index (χ3v) is 6.55. The van der Waals surface area contributed by atoms with Crippen LogP contribution in [0.25, 0.3) is 11.1 Å². The largest absolute Gasteiger partial charge is 0.508 e. The predicted octanol–water partition coefficient (Wildman–Crippen LogP) is 6.76. The fourth-order valence-electron chi connectivity index (χ4n) is 4.63. The number of ether oxygens (including phenoxy) is 1. The van der Waals surface area contributed by atoms with Gasteiger partial charge in [0.25, 0.3) is 0 Å². The molecular formula is C34H26O5. The van der Waals surface area contributed by atoms with Gasteiger partial charge in [-0.1, -0.05) is 54.3 Å². The SMILES string of the molecule is COc1ccc(-c2ccc(O)cc2)c(C(c2ccc(O)cc2)c2ccc(O)cc2)c1C#Cc1ccc(O)cc1. The molecule has 0 aliphatic heterocycles. The lowest BCUT2D eigenvalue weighted by Crippen LogP contribution is -2.09. The quantitative estimate of drug-likeness (QED) is 0.154. The van der Waals surface area contributed by atoms with E-state index in [2.05, 4.69) is 11.8 Å². The average molecular weight is 515 g/mol. The number of phenolic OH excluding ortho intramolecular Hbond substituents is 4. The van der Waals surface area contributed by atoms with Crippen molar-refractivity contribution in [1.29, 1.82) is 0 Å². The second kappa shape index (κ2) is 11.0. The summed E-state index contributed by atoms with van der Waals surface area (Å²) in [6.45, 7) is 0. The van der Waals surface area contributed by atoms with Gasteiger partial charge in [0.15, 0.2) is 0 Å². The van der Waals surface area contributed by atoms with Gasteiger partial charge >= 0.3 is 0 Å². The van der Waals surface area contributed by atoms with Crippen LogP contribution in [0.2, 0.25) is 0 Å². The average Bonchev–Trinajstić information content (AvgIpc) is 2.95. The van der Waals surface area contributed by atoms with E-state index >= 15 is 0 Å². The van der Waals surface area contributed by atoms with E-state index in [1.807, 2.05) is 48.5 Å². The second-order valence-electron chi connectivity index (χ2n) is 9.06. The molecule has 0 saturated heterocycles. The minimum absolute atomic E-state index is 0.153. The summed E-state index contributed by atoms with van der Waals surface area (Å²) in [5.74, 6) is 7.39. The summed E-state index contributed by atoms with van der Waals surface area (Å²) in [4.78, 5) is 0. The normalized spacial score (nSPS) is 10.6. The highest BCUT2D eigenvalue weighted by Crippen LogP contribution is 2.43. The molecule has 0 aliphatic rings. The van der Waals surface area contributed by atoms with Gasteiger partial charge < -0.3 is 25.2 Å². The topological polar surface area (TPSA) is 90.2 Å². The molecule has 0 amide bonds. The van der Waals surface area contributed by atoms with Gasteiger partial charge in [0, 0.05) is 11.5 Å². The summed E-state index contributed by atoms with van der Waals surface area (Å²) in [7, 11) is 1.60. The first kappa shape index (κ1) is 25.3. The Bertz CT molecular complexity index is 1600. The van der Waals surface area contributed by atoms with Crippen molar-refractivity contribution < 1.29 is 25.2 Å². The van der Waals surface area contributed by atoms with Crippen LogP contribution in [-0.4, -0.2) is 27.5 Å². The number of methoxy groups -OCH3 is 1. The Hall–Kier alpha value is -5.34. The van der Waals surface area contributed by atoms with Crippen LogP contribution in [0.5, 0.6) is 28.7 Å². The maximum atomic E-state index is 10.0. The molecule has 0 aliphatic carbocycles. The van der Waals surface area contributed by atoms with Crippen LogP contribution in [0.15, 0.2) is 109 Å². The van der Waals surface area contributed by atoms with Crippen LogP contribution in [-0.2, 0) is 0 Å². The summed E-state index contributed by atoms with van der Waals surface area (Å²) in [6.07, 6.45) is 0. The van der Waals surface area contributed by atoms with Gasteiger partial charge in [0.2, 0.25) is 0 Å². The second-order valence-corrected chi connectivity index (χ2v) is 9.06. The van der Waals surface area contributed by atoms with Gasteiger partial charge in [-0.3, -0.25) is 0 Å². The minimum Gasteiger partial charge on any atom is -0.508 e. The summed E-state index contributed by atoms with van der Waals surface area (Å²) >= 11 is 0. The molecular weight excluding hydrogens is 488 g/mol. The van der Waals surface area contributed by atoms with Gasteiger partial charge in [0.05, 0.1) is 12.7 Å². The van der Waals surface area contributed by atoms with Crippen LogP contribution in [0.4, 0.5) is 0 Å². The van der Waals surface area contributed by atoms with Crippen molar-refractivity contribution in [1.82, 2.24) is 0 Å². The third-order valence-electron chi connectivity index (χ3n) is 6.55. The van der Waals surface area contributed by atoms with Crippen LogP contribution in [0.1, 0.15) is 33.7 Å². The highest BCUT2D eigenvalue weighted by Gasteiger charge is 2.26. The highest BCUT2D eigenvalue weighted by molar-refractivity contribution is 5.76. The Kier molecular flexibility index (Phi) is 7.11. The molecule has 0 atom stereocenters. The lowest BCUT2D eigenvalue weighted by Gasteiger charge is -2.25. The van der Waals surface area contributed by atoms with Crippen molar-refractivity contribution in [2.45, 2.75) is 5.92 Å². The molecule has 192 valence electrons. The third kappa shape index (κ3) is 5.51. The number of hydrogen-bond donors (Lipinski definition) is 4. The van der Waals surface area contributed by atoms with Gasteiger partial charge in [0.1, 0.15) is 28.7 Å². The van der Waals surface area contributed by atoms with E-state index in [-0.39, 0.29) is 28.9 Å². The zero-order chi connectivity index (χ0) is 27.4. The lowest BCUT2D eigenvalue weighted by atomic mass is 9.78. The van der Waals surface area contributed by atoms with Crippen molar-refractivity contribution in [3.05, 3.63) is 137 Å². The smallest absolute Gasteiger partial charge is 0.134 e.